The first-order valence-electron chi connectivity index (χ1n) is 11.0. The van der Waals surface area contributed by atoms with Crippen molar-refractivity contribution in [2.45, 2.75) is 31.7 Å². The molecule has 1 N–H and O–H groups in total. The molecule has 1 aromatic heterocycles. The summed E-state index contributed by atoms with van der Waals surface area (Å²) in [6, 6.07) is 9.07. The van der Waals surface area contributed by atoms with Gasteiger partial charge in [-0.3, -0.25) is 4.79 Å². The zero-order valence-electron chi connectivity index (χ0n) is 20.4. The number of amides is 1. The molecule has 1 unspecified atom stereocenters. The maximum Gasteiger partial charge on any atom is 0.339 e. The lowest BCUT2D eigenvalue weighted by molar-refractivity contribution is -0.113. The summed E-state index contributed by atoms with van der Waals surface area (Å²) in [4.78, 5) is 36.8. The highest BCUT2D eigenvalue weighted by Crippen LogP contribution is 2.32. The van der Waals surface area contributed by atoms with Crippen molar-refractivity contribution in [2.75, 3.05) is 25.3 Å². The number of aromatic nitrogens is 3. The summed E-state index contributed by atoms with van der Waals surface area (Å²) in [6.45, 7) is 4.24. The SMILES string of the molecule is CCn1c(SCC(=O)Nc2cc(C(=O)OC)ccc2C(=O)OC)nnc1C(C)Oc1cc(Cl)ccc1Cl. The van der Waals surface area contributed by atoms with Crippen molar-refractivity contribution in [1.29, 1.82) is 0 Å². The molecule has 0 aliphatic carbocycles. The lowest BCUT2D eigenvalue weighted by atomic mass is 10.1. The Balaban J connectivity index is 1.73. The van der Waals surface area contributed by atoms with E-state index in [4.69, 9.17) is 37.4 Å². The third-order valence-electron chi connectivity index (χ3n) is 5.07. The molecular formula is C24H24Cl2N4O6S. The second-order valence-electron chi connectivity index (χ2n) is 7.50. The Bertz CT molecular complexity index is 1320. The van der Waals surface area contributed by atoms with E-state index in [0.29, 0.717) is 33.3 Å². The molecule has 0 fully saturated rings. The summed E-state index contributed by atoms with van der Waals surface area (Å²) in [5, 5.41) is 12.5. The van der Waals surface area contributed by atoms with Crippen molar-refractivity contribution in [3.63, 3.8) is 0 Å². The van der Waals surface area contributed by atoms with E-state index >= 15 is 0 Å². The van der Waals surface area contributed by atoms with Crippen LogP contribution in [0.5, 0.6) is 5.75 Å². The second kappa shape index (κ2) is 12.8. The van der Waals surface area contributed by atoms with Crippen molar-refractivity contribution in [2.24, 2.45) is 0 Å². The Hall–Kier alpha value is -3.28. The fourth-order valence-electron chi connectivity index (χ4n) is 3.31. The number of nitrogens with zero attached hydrogens (tertiary/aromatic N) is 3. The van der Waals surface area contributed by atoms with Crippen molar-refractivity contribution in [3.05, 3.63) is 63.4 Å². The summed E-state index contributed by atoms with van der Waals surface area (Å²) in [7, 11) is 2.46. The molecule has 3 aromatic rings. The minimum absolute atomic E-state index is 0.0451. The number of carbonyl (C=O) groups is 3. The number of ether oxygens (including phenoxy) is 3. The van der Waals surface area contributed by atoms with Crippen LogP contribution in [0.4, 0.5) is 5.69 Å². The van der Waals surface area contributed by atoms with Gasteiger partial charge in [0.05, 0.1) is 41.8 Å². The van der Waals surface area contributed by atoms with Crippen molar-refractivity contribution in [1.82, 2.24) is 14.8 Å². The Labute approximate surface area is 227 Å². The molecule has 0 aliphatic heterocycles. The van der Waals surface area contributed by atoms with Crippen LogP contribution in [0.15, 0.2) is 41.6 Å². The lowest BCUT2D eigenvalue weighted by Crippen LogP contribution is -2.18. The van der Waals surface area contributed by atoms with Crippen LogP contribution in [0.2, 0.25) is 10.0 Å². The molecule has 3 rings (SSSR count). The normalized spacial score (nSPS) is 11.5. The Morgan fingerprint density at radius 1 is 1.05 bits per heavy atom. The van der Waals surface area contributed by atoms with E-state index < -0.39 is 23.9 Å². The standard InChI is InChI=1S/C24H24Cl2N4O6S/c1-5-30-21(13(2)36-19-11-15(25)7-9-17(19)26)28-29-24(30)37-12-20(31)27-18-10-14(22(32)34-3)6-8-16(18)23(33)35-4/h6-11,13H,5,12H2,1-4H3,(H,27,31). The summed E-state index contributed by atoms with van der Waals surface area (Å²) < 4.78 is 17.2. The van der Waals surface area contributed by atoms with E-state index in [9.17, 15) is 14.4 Å². The first-order valence-corrected chi connectivity index (χ1v) is 12.7. The van der Waals surface area contributed by atoms with E-state index in [0.717, 1.165) is 11.8 Å². The highest BCUT2D eigenvalue weighted by Gasteiger charge is 2.22. The number of rotatable bonds is 10. The van der Waals surface area contributed by atoms with Gasteiger partial charge in [0.1, 0.15) is 5.75 Å². The molecule has 0 aliphatic rings. The largest absolute Gasteiger partial charge is 0.481 e. The highest BCUT2D eigenvalue weighted by molar-refractivity contribution is 7.99. The van der Waals surface area contributed by atoms with Crippen LogP contribution in [-0.2, 0) is 20.8 Å². The summed E-state index contributed by atoms with van der Waals surface area (Å²) >= 11 is 13.4. The van der Waals surface area contributed by atoms with E-state index in [1.165, 1.54) is 32.4 Å². The molecule has 13 heteroatoms. The monoisotopic (exact) mass is 566 g/mol. The van der Waals surface area contributed by atoms with Crippen LogP contribution in [0, 0.1) is 0 Å². The third kappa shape index (κ3) is 6.94. The fraction of sp³-hybridized carbons (Fsp3) is 0.292. The van der Waals surface area contributed by atoms with Crippen LogP contribution in [0.3, 0.4) is 0 Å². The molecular weight excluding hydrogens is 543 g/mol. The van der Waals surface area contributed by atoms with Crippen LogP contribution in [0.25, 0.3) is 0 Å². The average molecular weight is 567 g/mol. The first kappa shape index (κ1) is 28.3. The Kier molecular flexibility index (Phi) is 9.79. The molecule has 37 heavy (non-hydrogen) atoms. The van der Waals surface area contributed by atoms with Gasteiger partial charge < -0.3 is 24.1 Å². The number of carbonyl (C=O) groups excluding carboxylic acids is 3. The zero-order chi connectivity index (χ0) is 27.1. The molecule has 10 nitrogen and oxygen atoms in total. The topological polar surface area (TPSA) is 122 Å². The Morgan fingerprint density at radius 3 is 2.46 bits per heavy atom. The molecule has 1 heterocycles. The van der Waals surface area contributed by atoms with E-state index in [2.05, 4.69) is 15.5 Å². The van der Waals surface area contributed by atoms with E-state index in [1.54, 1.807) is 25.1 Å². The minimum Gasteiger partial charge on any atom is -0.481 e. The van der Waals surface area contributed by atoms with Gasteiger partial charge in [0, 0.05) is 17.6 Å². The van der Waals surface area contributed by atoms with Crippen molar-refractivity contribution >= 4 is 58.5 Å². The summed E-state index contributed by atoms with van der Waals surface area (Å²) in [5.41, 5.74) is 0.388. The predicted molar refractivity (Wildman–Crippen MR) is 140 cm³/mol. The van der Waals surface area contributed by atoms with Gasteiger partial charge >= 0.3 is 11.9 Å². The number of benzene rings is 2. The molecule has 0 radical (unpaired) electrons. The van der Waals surface area contributed by atoms with Gasteiger partial charge in [0.15, 0.2) is 17.1 Å². The van der Waals surface area contributed by atoms with Crippen molar-refractivity contribution < 1.29 is 28.6 Å². The minimum atomic E-state index is -0.663. The fourth-order valence-corrected chi connectivity index (χ4v) is 4.45. The third-order valence-corrected chi connectivity index (χ3v) is 6.59. The number of esters is 2. The molecule has 196 valence electrons. The quantitative estimate of drug-likeness (QED) is 0.265. The van der Waals surface area contributed by atoms with Gasteiger partial charge in [0.2, 0.25) is 5.91 Å². The van der Waals surface area contributed by atoms with Crippen LogP contribution in [0.1, 0.15) is 46.5 Å². The number of nitrogens with one attached hydrogen (secondary N) is 1. The van der Waals surface area contributed by atoms with Gasteiger partial charge in [-0.05, 0) is 44.2 Å². The molecule has 0 spiro atoms. The molecule has 0 saturated carbocycles. The van der Waals surface area contributed by atoms with Gasteiger partial charge in [-0.25, -0.2) is 9.59 Å². The number of hydrogen-bond donors (Lipinski definition) is 1. The second-order valence-corrected chi connectivity index (χ2v) is 9.29. The van der Waals surface area contributed by atoms with Crippen molar-refractivity contribution in [3.8, 4) is 5.75 Å². The number of hydrogen-bond acceptors (Lipinski definition) is 9. The molecule has 1 atom stereocenters. The zero-order valence-corrected chi connectivity index (χ0v) is 22.7. The lowest BCUT2D eigenvalue weighted by Gasteiger charge is -2.16. The van der Waals surface area contributed by atoms with Gasteiger partial charge in [-0.1, -0.05) is 35.0 Å². The number of methoxy groups -OCH3 is 2. The van der Waals surface area contributed by atoms with E-state index in [-0.39, 0.29) is 22.6 Å². The van der Waals surface area contributed by atoms with E-state index in [1.807, 2.05) is 11.5 Å². The van der Waals surface area contributed by atoms with Crippen LogP contribution in [-0.4, -0.2) is 52.6 Å². The predicted octanol–water partition coefficient (Wildman–Crippen LogP) is 5.05. The van der Waals surface area contributed by atoms with Gasteiger partial charge in [-0.2, -0.15) is 0 Å². The number of halogens is 2. The summed E-state index contributed by atoms with van der Waals surface area (Å²) in [6.07, 6.45) is -0.504. The average Bonchev–Trinajstić information content (AvgIpc) is 3.31. The molecule has 1 amide bonds. The number of anilines is 1. The van der Waals surface area contributed by atoms with Crippen LogP contribution >= 0.6 is 35.0 Å². The first-order chi connectivity index (χ1) is 17.7. The smallest absolute Gasteiger partial charge is 0.339 e. The molecule has 0 bridgehead atoms. The molecule has 0 saturated heterocycles. The maximum atomic E-state index is 12.7. The highest BCUT2D eigenvalue weighted by atomic mass is 35.5. The number of thioether (sulfide) groups is 1. The molecule has 2 aromatic carbocycles. The maximum absolute atomic E-state index is 12.7. The van der Waals surface area contributed by atoms with Crippen LogP contribution < -0.4 is 10.1 Å². The summed E-state index contributed by atoms with van der Waals surface area (Å²) in [5.74, 6) is -0.795. The Morgan fingerprint density at radius 2 is 1.78 bits per heavy atom. The van der Waals surface area contributed by atoms with Gasteiger partial charge in [0.25, 0.3) is 0 Å². The van der Waals surface area contributed by atoms with Gasteiger partial charge in [-0.15, -0.1) is 10.2 Å².